The summed E-state index contributed by atoms with van der Waals surface area (Å²) in [5, 5.41) is 2.65. The van der Waals surface area contributed by atoms with Crippen LogP contribution in [0.2, 0.25) is 4.63 Å². The summed E-state index contributed by atoms with van der Waals surface area (Å²) in [6.07, 6.45) is 15.5. The molecule has 0 heterocycles. The van der Waals surface area contributed by atoms with Crippen molar-refractivity contribution in [2.24, 2.45) is 11.3 Å². The van der Waals surface area contributed by atoms with Gasteiger partial charge in [-0.2, -0.15) is 0 Å². The molecule has 5 aliphatic rings. The maximum atomic E-state index is 5.74. The van der Waals surface area contributed by atoms with Crippen molar-refractivity contribution in [3.63, 3.8) is 0 Å². The third-order valence-corrected chi connectivity index (χ3v) is 30.5. The van der Waals surface area contributed by atoms with Crippen LogP contribution in [0.4, 0.5) is 0 Å². The van der Waals surface area contributed by atoms with Crippen molar-refractivity contribution in [3.8, 4) is 11.1 Å². The number of benzene rings is 4. The molecule has 0 N–H and O–H groups in total. The van der Waals surface area contributed by atoms with Crippen LogP contribution in [0.1, 0.15) is 121 Å². The zero-order chi connectivity index (χ0) is 35.9. The second-order valence-electron chi connectivity index (χ2n) is 19.2. The fraction of sp³-hybridized carbons (Fsp3) is 0.380. The predicted molar refractivity (Wildman–Crippen MR) is 235 cm³/mol. The second-order valence-corrected chi connectivity index (χ2v) is 33.1. The molecule has 1 fully saturated rings. The molecular weight excluding hydrogens is 763 g/mol. The molecule has 0 nitrogen and oxygen atoms in total. The molecule has 9 rings (SSSR count). The summed E-state index contributed by atoms with van der Waals surface area (Å²) >= 11 is -4.53. The van der Waals surface area contributed by atoms with E-state index in [0.717, 1.165) is 6.42 Å². The Balaban J connectivity index is 0.00000218. The van der Waals surface area contributed by atoms with E-state index in [0.29, 0.717) is 5.92 Å². The first-order chi connectivity index (χ1) is 24.0. The van der Waals surface area contributed by atoms with Gasteiger partial charge in [0.25, 0.3) is 0 Å². The molecule has 3 heteroatoms. The minimum absolute atomic E-state index is 0. The van der Waals surface area contributed by atoms with Gasteiger partial charge < -0.3 is 0 Å². The Morgan fingerprint density at radius 2 is 1.34 bits per heavy atom. The van der Waals surface area contributed by atoms with E-state index in [2.05, 4.69) is 145 Å². The van der Waals surface area contributed by atoms with Crippen molar-refractivity contribution in [3.05, 3.63) is 130 Å². The van der Waals surface area contributed by atoms with Crippen LogP contribution >= 0.6 is 24.8 Å². The summed E-state index contributed by atoms with van der Waals surface area (Å²) < 4.78 is 13.3. The minimum atomic E-state index is -4.53. The van der Waals surface area contributed by atoms with Crippen molar-refractivity contribution in [1.29, 1.82) is 0 Å². The van der Waals surface area contributed by atoms with Crippen LogP contribution in [0.15, 0.2) is 97.1 Å². The summed E-state index contributed by atoms with van der Waals surface area (Å²) in [5.41, 5.74) is 16.5. The average molecular weight is 821 g/mol. The molecule has 276 valence electrons. The van der Waals surface area contributed by atoms with Gasteiger partial charge in [0.2, 0.25) is 0 Å². The topological polar surface area (TPSA) is 0 Å². The van der Waals surface area contributed by atoms with Gasteiger partial charge in [-0.05, 0) is 0 Å². The van der Waals surface area contributed by atoms with Gasteiger partial charge in [-0.1, -0.05) is 0 Å². The number of halogens is 2. The molecule has 4 aromatic carbocycles. The van der Waals surface area contributed by atoms with E-state index in [1.807, 2.05) is 0 Å². The van der Waals surface area contributed by atoms with Gasteiger partial charge in [0.05, 0.1) is 0 Å². The van der Waals surface area contributed by atoms with Crippen molar-refractivity contribution in [2.45, 2.75) is 109 Å². The number of allylic oxidation sites excluding steroid dienone is 8. The van der Waals surface area contributed by atoms with Crippen LogP contribution in [0.5, 0.6) is 0 Å². The first kappa shape index (κ1) is 38.7. The van der Waals surface area contributed by atoms with Crippen LogP contribution in [0.25, 0.3) is 33.0 Å². The van der Waals surface area contributed by atoms with E-state index in [9.17, 15) is 0 Å². The summed E-state index contributed by atoms with van der Waals surface area (Å²) in [5.74, 6) is 0.387. The van der Waals surface area contributed by atoms with Gasteiger partial charge in [0.15, 0.2) is 0 Å². The van der Waals surface area contributed by atoms with Gasteiger partial charge in [0, 0.05) is 0 Å². The van der Waals surface area contributed by atoms with Crippen LogP contribution in [-0.2, 0) is 35.5 Å². The Labute approximate surface area is 332 Å². The van der Waals surface area contributed by atoms with E-state index < -0.39 is 18.3 Å². The molecule has 1 saturated carbocycles. The molecule has 0 saturated heterocycles. The Morgan fingerprint density at radius 3 is 2.02 bits per heavy atom. The van der Waals surface area contributed by atoms with Crippen LogP contribution < -0.4 is 3.27 Å². The van der Waals surface area contributed by atoms with E-state index >= 15 is 0 Å². The first-order valence-electron chi connectivity index (χ1n) is 19.8. The standard InChI is InChI=1S/C25H25.C13H19.C10H7.CH3.CH2.2ClH.Zr/c1-14-12-24(3,4)22-8-16-7-17-9-23-19(15(2)13-25(23,5)6)11-21(17)20(16)10-18(14)22;1-11-6-7-12(10-11)13(2)8-4-3-5-9-13;1-2-6-10-8-4-3-7-9(10)5-1;;;;;/h8-12H,7H2,1-6H3;7,10-11H,3-5,8-9H2,1-2H3;1-3,5-8H;1H3;1H2;2*1H;. The third kappa shape index (κ3) is 5.33. The Morgan fingerprint density at radius 1 is 0.717 bits per heavy atom. The summed E-state index contributed by atoms with van der Waals surface area (Å²) in [6.45, 7) is 19.6. The fourth-order valence-electron chi connectivity index (χ4n) is 12.3. The van der Waals surface area contributed by atoms with Gasteiger partial charge in [-0.15, -0.1) is 24.8 Å². The molecule has 5 aliphatic carbocycles. The average Bonchev–Trinajstić information content (AvgIpc) is 3.78. The predicted octanol–water partition coefficient (Wildman–Crippen LogP) is 13.9. The van der Waals surface area contributed by atoms with Crippen molar-refractivity contribution in [1.82, 2.24) is 0 Å². The second kappa shape index (κ2) is 12.5. The Kier molecular flexibility index (Phi) is 9.10. The molecule has 0 amide bonds. The fourth-order valence-corrected chi connectivity index (χ4v) is 29.1. The van der Waals surface area contributed by atoms with Crippen molar-refractivity contribution >= 4 is 54.2 Å². The molecule has 1 unspecified atom stereocenters. The summed E-state index contributed by atoms with van der Waals surface area (Å²) in [4.78, 5) is 0. The Hall–Kier alpha value is -2.57. The molecule has 0 aromatic heterocycles. The number of fused-ring (bicyclic) bond motifs is 6. The van der Waals surface area contributed by atoms with E-state index in [1.54, 1.807) is 12.1 Å². The van der Waals surface area contributed by atoms with Crippen LogP contribution in [-0.4, -0.2) is 4.21 Å². The van der Waals surface area contributed by atoms with E-state index in [-0.39, 0.29) is 41.1 Å². The molecule has 0 bridgehead atoms. The molecule has 0 radical (unpaired) electrons. The number of hydrogen-bond acceptors (Lipinski definition) is 0. The number of hydrogen-bond donors (Lipinski definition) is 0. The third-order valence-electron chi connectivity index (χ3n) is 14.8. The Bertz CT molecular complexity index is 2440. The van der Waals surface area contributed by atoms with Crippen LogP contribution in [0.3, 0.4) is 0 Å². The van der Waals surface area contributed by atoms with Gasteiger partial charge in [-0.25, -0.2) is 0 Å². The van der Waals surface area contributed by atoms with Gasteiger partial charge in [-0.3, -0.25) is 0 Å². The summed E-state index contributed by atoms with van der Waals surface area (Å²) in [7, 11) is 0. The normalized spacial score (nSPS) is 21.8. The van der Waals surface area contributed by atoms with Crippen molar-refractivity contribution in [2.75, 3.05) is 0 Å². The molecular formula is C50H58Cl2Zr. The monoisotopic (exact) mass is 818 g/mol. The van der Waals surface area contributed by atoms with Crippen LogP contribution in [0, 0.1) is 11.3 Å². The van der Waals surface area contributed by atoms with E-state index in [4.69, 9.17) is 4.21 Å². The van der Waals surface area contributed by atoms with Crippen molar-refractivity contribution < 1.29 is 18.3 Å². The van der Waals surface area contributed by atoms with Gasteiger partial charge >= 0.3 is 310 Å². The molecule has 4 aromatic rings. The molecule has 53 heavy (non-hydrogen) atoms. The SMILES string of the molecule is Cl.Cl.[CH2]=[Zr]([CH3])([C]1=CC(C2(C)CCCCC2)=CC1C)([C]1=C(C)c2cc3c(cc2C1(C)C)Cc1cc2c(cc1-3)C(C)=CC2(C)C)[c]1ccc2ccccc2c1. The first-order valence-corrected chi connectivity index (χ1v) is 27.7. The van der Waals surface area contributed by atoms with E-state index in [1.165, 1.54) is 102 Å². The molecule has 1 atom stereocenters. The zero-order valence-corrected chi connectivity index (χ0v) is 37.5. The number of rotatable bonds is 4. The summed E-state index contributed by atoms with van der Waals surface area (Å²) in [6, 6.07) is 26.6. The molecule has 0 aliphatic heterocycles. The zero-order valence-electron chi connectivity index (χ0n) is 33.4. The quantitative estimate of drug-likeness (QED) is 0.169. The van der Waals surface area contributed by atoms with Gasteiger partial charge in [0.1, 0.15) is 0 Å². The molecule has 0 spiro atoms. The maximum absolute atomic E-state index is 5.74.